The number of ether oxygens (including phenoxy) is 1. The molecule has 1 aliphatic rings. The molecule has 14 heavy (non-hydrogen) atoms. The monoisotopic (exact) mass is 252 g/mol. The summed E-state index contributed by atoms with van der Waals surface area (Å²) >= 11 is 5.90. The molecule has 0 aromatic heterocycles. The van der Waals surface area contributed by atoms with Crippen LogP contribution in [0.15, 0.2) is 17.0 Å². The van der Waals surface area contributed by atoms with Gasteiger partial charge < -0.3 is 4.74 Å². The molecule has 0 bridgehead atoms. The second-order valence-electron chi connectivity index (χ2n) is 2.89. The van der Waals surface area contributed by atoms with E-state index in [0.29, 0.717) is 24.3 Å². The number of benzene rings is 1. The Kier molecular flexibility index (Phi) is 2.37. The molecule has 6 heteroatoms. The third-order valence-electron chi connectivity index (χ3n) is 2.04. The molecule has 0 aliphatic carbocycles. The Morgan fingerprint density at radius 2 is 2.07 bits per heavy atom. The van der Waals surface area contributed by atoms with Gasteiger partial charge in [-0.15, -0.1) is 0 Å². The van der Waals surface area contributed by atoms with Crippen LogP contribution in [0.1, 0.15) is 5.56 Å². The molecule has 2 rings (SSSR count). The summed E-state index contributed by atoms with van der Waals surface area (Å²) in [5.41, 5.74) is 0.716. The summed E-state index contributed by atoms with van der Waals surface area (Å²) in [5, 5.41) is 0.176. The fourth-order valence-electron chi connectivity index (χ4n) is 1.40. The number of fused-ring (bicyclic) bond motifs is 1. The van der Waals surface area contributed by atoms with Crippen LogP contribution >= 0.6 is 22.3 Å². The first-order chi connectivity index (χ1) is 6.50. The van der Waals surface area contributed by atoms with Gasteiger partial charge in [-0.2, -0.15) is 0 Å². The Hall–Kier alpha value is -0.450. The van der Waals surface area contributed by atoms with Crippen molar-refractivity contribution in [3.05, 3.63) is 22.7 Å². The van der Waals surface area contributed by atoms with Crippen LogP contribution in [-0.2, 0) is 15.5 Å². The summed E-state index contributed by atoms with van der Waals surface area (Å²) in [6.07, 6.45) is 0.619. The summed E-state index contributed by atoms with van der Waals surface area (Å²) in [6, 6.07) is 2.93. The predicted molar refractivity (Wildman–Crippen MR) is 53.7 cm³/mol. The number of hydrogen-bond donors (Lipinski definition) is 0. The summed E-state index contributed by atoms with van der Waals surface area (Å²) in [7, 11) is 1.44. The maximum Gasteiger partial charge on any atom is 0.262 e. The quantitative estimate of drug-likeness (QED) is 0.720. The van der Waals surface area contributed by atoms with E-state index in [1.54, 1.807) is 6.07 Å². The molecular formula is C8H6Cl2O3S. The molecule has 1 aromatic rings. The van der Waals surface area contributed by atoms with Gasteiger partial charge in [0.05, 0.1) is 11.6 Å². The second-order valence-corrected chi connectivity index (χ2v) is 5.80. The lowest BCUT2D eigenvalue weighted by Crippen LogP contribution is -1.94. The highest BCUT2D eigenvalue weighted by molar-refractivity contribution is 8.13. The highest BCUT2D eigenvalue weighted by atomic mass is 35.7. The van der Waals surface area contributed by atoms with Crippen molar-refractivity contribution in [3.63, 3.8) is 0 Å². The number of hydrogen-bond acceptors (Lipinski definition) is 3. The van der Waals surface area contributed by atoms with Crippen molar-refractivity contribution in [2.45, 2.75) is 11.3 Å². The molecule has 1 aromatic carbocycles. The highest BCUT2D eigenvalue weighted by Crippen LogP contribution is 2.37. The maximum absolute atomic E-state index is 11.1. The van der Waals surface area contributed by atoms with Gasteiger partial charge in [0.1, 0.15) is 10.6 Å². The normalized spacial score (nSPS) is 15.0. The molecular weight excluding hydrogens is 247 g/mol. The Morgan fingerprint density at radius 1 is 1.36 bits per heavy atom. The zero-order valence-corrected chi connectivity index (χ0v) is 9.29. The molecule has 0 unspecified atom stereocenters. The van der Waals surface area contributed by atoms with Crippen molar-refractivity contribution in [2.75, 3.05) is 6.61 Å². The van der Waals surface area contributed by atoms with E-state index < -0.39 is 9.05 Å². The number of halogens is 2. The topological polar surface area (TPSA) is 43.4 Å². The van der Waals surface area contributed by atoms with Gasteiger partial charge in [-0.3, -0.25) is 0 Å². The van der Waals surface area contributed by atoms with Gasteiger partial charge >= 0.3 is 0 Å². The molecule has 3 nitrogen and oxygen atoms in total. The van der Waals surface area contributed by atoms with Crippen molar-refractivity contribution in [2.24, 2.45) is 0 Å². The predicted octanol–water partition coefficient (Wildman–Crippen LogP) is 2.20. The minimum atomic E-state index is -3.77. The van der Waals surface area contributed by atoms with E-state index in [1.165, 1.54) is 6.07 Å². The van der Waals surface area contributed by atoms with Crippen LogP contribution in [0.5, 0.6) is 5.75 Å². The minimum Gasteiger partial charge on any atom is -0.493 e. The Balaban J connectivity index is 2.68. The maximum atomic E-state index is 11.1. The molecule has 0 spiro atoms. The lowest BCUT2D eigenvalue weighted by atomic mass is 10.2. The standard InChI is InChI=1S/C8H6Cl2O3S/c9-8-5-3-4-13-6(5)1-2-7(8)14(10,11)12/h1-2H,3-4H2. The van der Waals surface area contributed by atoms with Crippen LogP contribution in [0.2, 0.25) is 5.02 Å². The second kappa shape index (κ2) is 3.29. The Morgan fingerprint density at radius 3 is 2.71 bits per heavy atom. The van der Waals surface area contributed by atoms with Gasteiger partial charge in [0.25, 0.3) is 9.05 Å². The fraction of sp³-hybridized carbons (Fsp3) is 0.250. The van der Waals surface area contributed by atoms with Crippen molar-refractivity contribution in [3.8, 4) is 5.75 Å². The molecule has 0 radical (unpaired) electrons. The first kappa shape index (κ1) is 10.1. The smallest absolute Gasteiger partial charge is 0.262 e. The van der Waals surface area contributed by atoms with E-state index in [4.69, 9.17) is 27.0 Å². The van der Waals surface area contributed by atoms with Gasteiger partial charge in [-0.25, -0.2) is 8.42 Å². The molecule has 0 N–H and O–H groups in total. The van der Waals surface area contributed by atoms with Crippen LogP contribution in [0.3, 0.4) is 0 Å². The van der Waals surface area contributed by atoms with Crippen LogP contribution in [0, 0.1) is 0 Å². The zero-order chi connectivity index (χ0) is 10.3. The van der Waals surface area contributed by atoms with Crippen molar-refractivity contribution in [1.82, 2.24) is 0 Å². The lowest BCUT2D eigenvalue weighted by Gasteiger charge is -2.04. The van der Waals surface area contributed by atoms with E-state index in [-0.39, 0.29) is 9.92 Å². The molecule has 0 saturated heterocycles. The molecule has 1 heterocycles. The lowest BCUT2D eigenvalue weighted by molar-refractivity contribution is 0.356. The SMILES string of the molecule is O=S(=O)(Cl)c1ccc2c(c1Cl)CCO2. The van der Waals surface area contributed by atoms with Gasteiger partial charge in [-0.1, -0.05) is 11.6 Å². The van der Waals surface area contributed by atoms with Gasteiger partial charge in [0.15, 0.2) is 0 Å². The molecule has 0 saturated carbocycles. The van der Waals surface area contributed by atoms with E-state index in [2.05, 4.69) is 0 Å². The van der Waals surface area contributed by atoms with E-state index in [1.807, 2.05) is 0 Å². The highest BCUT2D eigenvalue weighted by Gasteiger charge is 2.23. The molecule has 0 fully saturated rings. The Bertz CT molecular complexity index is 482. The zero-order valence-electron chi connectivity index (χ0n) is 6.96. The molecule has 0 atom stereocenters. The van der Waals surface area contributed by atoms with E-state index >= 15 is 0 Å². The van der Waals surface area contributed by atoms with Gasteiger partial charge in [0, 0.05) is 22.7 Å². The Labute approximate surface area is 91.0 Å². The third kappa shape index (κ3) is 1.58. The number of rotatable bonds is 1. The van der Waals surface area contributed by atoms with E-state index in [0.717, 1.165) is 0 Å². The molecule has 0 amide bonds. The first-order valence-electron chi connectivity index (χ1n) is 3.89. The van der Waals surface area contributed by atoms with Crippen LogP contribution in [0.25, 0.3) is 0 Å². The van der Waals surface area contributed by atoms with Crippen molar-refractivity contribution < 1.29 is 13.2 Å². The largest absolute Gasteiger partial charge is 0.493 e. The van der Waals surface area contributed by atoms with Crippen molar-refractivity contribution >= 4 is 31.3 Å². The van der Waals surface area contributed by atoms with Crippen molar-refractivity contribution in [1.29, 1.82) is 0 Å². The van der Waals surface area contributed by atoms with Crippen LogP contribution < -0.4 is 4.74 Å². The third-order valence-corrected chi connectivity index (χ3v) is 3.95. The summed E-state index contributed by atoms with van der Waals surface area (Å²) in [4.78, 5) is -0.0508. The van der Waals surface area contributed by atoms with Crippen LogP contribution in [0.4, 0.5) is 0 Å². The minimum absolute atomic E-state index is 0.0508. The van der Waals surface area contributed by atoms with Gasteiger partial charge in [0.2, 0.25) is 0 Å². The summed E-state index contributed by atoms with van der Waals surface area (Å²) in [5.74, 6) is 0.638. The summed E-state index contributed by atoms with van der Waals surface area (Å²) < 4.78 is 27.4. The van der Waals surface area contributed by atoms with E-state index in [9.17, 15) is 8.42 Å². The average molecular weight is 253 g/mol. The van der Waals surface area contributed by atoms with Gasteiger partial charge in [-0.05, 0) is 12.1 Å². The molecule has 1 aliphatic heterocycles. The van der Waals surface area contributed by atoms with Crippen LogP contribution in [-0.4, -0.2) is 15.0 Å². The molecule has 76 valence electrons. The first-order valence-corrected chi connectivity index (χ1v) is 6.58. The summed E-state index contributed by atoms with van der Waals surface area (Å²) in [6.45, 7) is 0.529. The average Bonchev–Trinajstić information content (AvgIpc) is 2.50. The fourth-order valence-corrected chi connectivity index (χ4v) is 3.03.